The quantitative estimate of drug-likeness (QED) is 0.763. The summed E-state index contributed by atoms with van der Waals surface area (Å²) < 4.78 is 10.7. The highest BCUT2D eigenvalue weighted by Crippen LogP contribution is 2.34. The molecule has 1 aromatic carbocycles. The highest BCUT2D eigenvalue weighted by molar-refractivity contribution is 5.80. The lowest BCUT2D eigenvalue weighted by atomic mass is 9.98. The van der Waals surface area contributed by atoms with Crippen molar-refractivity contribution in [3.63, 3.8) is 0 Å². The van der Waals surface area contributed by atoms with Gasteiger partial charge in [-0.3, -0.25) is 9.59 Å². The minimum Gasteiger partial charge on any atom is -0.454 e. The molecular formula is C18H26N2O4. The second-order valence-corrected chi connectivity index (χ2v) is 6.85. The number of ether oxygens (including phenoxy) is 2. The zero-order valence-electron chi connectivity index (χ0n) is 14.8. The van der Waals surface area contributed by atoms with Gasteiger partial charge in [0.25, 0.3) is 0 Å². The number of benzene rings is 1. The molecule has 0 bridgehead atoms. The molecule has 132 valence electrons. The van der Waals surface area contributed by atoms with E-state index in [0.29, 0.717) is 19.4 Å². The van der Waals surface area contributed by atoms with E-state index in [1.165, 1.54) is 6.92 Å². The molecule has 1 aliphatic rings. The number of hydrogen-bond donors (Lipinski definition) is 2. The number of fused-ring (bicyclic) bond motifs is 1. The van der Waals surface area contributed by atoms with E-state index in [4.69, 9.17) is 9.47 Å². The number of carbonyl (C=O) groups is 2. The highest BCUT2D eigenvalue weighted by Gasteiger charge is 2.22. The average molecular weight is 334 g/mol. The van der Waals surface area contributed by atoms with E-state index in [1.807, 2.05) is 39.0 Å². The number of rotatable bonds is 8. The summed E-state index contributed by atoms with van der Waals surface area (Å²) >= 11 is 0. The second-order valence-electron chi connectivity index (χ2n) is 6.85. The maximum atomic E-state index is 12.0. The van der Waals surface area contributed by atoms with Gasteiger partial charge < -0.3 is 20.1 Å². The van der Waals surface area contributed by atoms with Gasteiger partial charge in [0.1, 0.15) is 5.78 Å². The Labute approximate surface area is 142 Å². The predicted molar refractivity (Wildman–Crippen MR) is 91.1 cm³/mol. The molecule has 6 nitrogen and oxygen atoms in total. The second kappa shape index (κ2) is 7.66. The van der Waals surface area contributed by atoms with E-state index in [0.717, 1.165) is 17.1 Å². The van der Waals surface area contributed by atoms with Gasteiger partial charge in [-0.15, -0.1) is 0 Å². The normalized spacial score (nSPS) is 14.3. The third-order valence-electron chi connectivity index (χ3n) is 3.87. The Kier molecular flexibility index (Phi) is 5.83. The van der Waals surface area contributed by atoms with E-state index in [1.54, 1.807) is 0 Å². The monoisotopic (exact) mass is 334 g/mol. The minimum absolute atomic E-state index is 0.0633. The fraction of sp³-hybridized carbons (Fsp3) is 0.556. The standard InChI is InChI=1S/C18H26N2O4/c1-12(21)10-18(3,4)20-17(22)7-8-19-13(2)14-5-6-15-16(9-14)24-11-23-15/h5-6,9,13,19H,7-8,10-11H2,1-4H3,(H,20,22)/t13-/m1/s1. The van der Waals surface area contributed by atoms with E-state index in [-0.39, 0.29) is 24.5 Å². The molecule has 0 unspecified atom stereocenters. The van der Waals surface area contributed by atoms with E-state index >= 15 is 0 Å². The average Bonchev–Trinajstić information content (AvgIpc) is 2.92. The summed E-state index contributed by atoms with van der Waals surface area (Å²) in [7, 11) is 0. The van der Waals surface area contributed by atoms with Crippen LogP contribution in [0.15, 0.2) is 18.2 Å². The fourth-order valence-corrected chi connectivity index (χ4v) is 2.81. The van der Waals surface area contributed by atoms with Crippen LogP contribution in [0, 0.1) is 0 Å². The molecule has 0 saturated heterocycles. The SMILES string of the molecule is CC(=O)CC(C)(C)NC(=O)CCN[C@H](C)c1ccc2c(c1)OCO2. The number of Topliss-reactive ketones (excluding diaryl/α,β-unsaturated/α-hetero) is 1. The van der Waals surface area contributed by atoms with Gasteiger partial charge in [0.05, 0.1) is 0 Å². The summed E-state index contributed by atoms with van der Waals surface area (Å²) in [4.78, 5) is 23.2. The predicted octanol–water partition coefficient (Wildman–Crippen LogP) is 2.33. The maximum absolute atomic E-state index is 12.0. The summed E-state index contributed by atoms with van der Waals surface area (Å²) in [6.45, 7) is 8.09. The molecule has 6 heteroatoms. The van der Waals surface area contributed by atoms with Crippen LogP contribution in [0.3, 0.4) is 0 Å². The number of carbonyl (C=O) groups excluding carboxylic acids is 2. The summed E-state index contributed by atoms with van der Waals surface area (Å²) in [6.07, 6.45) is 0.690. The molecule has 2 N–H and O–H groups in total. The lowest BCUT2D eigenvalue weighted by molar-refractivity contribution is -0.123. The molecule has 0 saturated carbocycles. The van der Waals surface area contributed by atoms with Crippen molar-refractivity contribution in [3.8, 4) is 11.5 Å². The molecular weight excluding hydrogens is 308 g/mol. The van der Waals surface area contributed by atoms with E-state index in [9.17, 15) is 9.59 Å². The largest absolute Gasteiger partial charge is 0.454 e. The zero-order valence-corrected chi connectivity index (χ0v) is 14.8. The van der Waals surface area contributed by atoms with Gasteiger partial charge >= 0.3 is 0 Å². The zero-order chi connectivity index (χ0) is 17.7. The van der Waals surface area contributed by atoms with Crippen molar-refractivity contribution < 1.29 is 19.1 Å². The Bertz CT molecular complexity index is 613. The molecule has 0 aliphatic carbocycles. The molecule has 1 aromatic rings. The van der Waals surface area contributed by atoms with Crippen molar-refractivity contribution in [2.75, 3.05) is 13.3 Å². The first-order chi connectivity index (χ1) is 11.3. The van der Waals surface area contributed by atoms with Gasteiger partial charge in [-0.25, -0.2) is 0 Å². The van der Waals surface area contributed by atoms with Crippen LogP contribution in [-0.4, -0.2) is 30.6 Å². The van der Waals surface area contributed by atoms with Crippen LogP contribution >= 0.6 is 0 Å². The topological polar surface area (TPSA) is 76.7 Å². The van der Waals surface area contributed by atoms with Crippen molar-refractivity contribution in [3.05, 3.63) is 23.8 Å². The number of ketones is 1. The molecule has 2 rings (SSSR count). The number of hydrogen-bond acceptors (Lipinski definition) is 5. The third kappa shape index (κ3) is 5.23. The smallest absolute Gasteiger partial charge is 0.231 e. The lowest BCUT2D eigenvalue weighted by Crippen LogP contribution is -2.45. The molecule has 1 aliphatic heterocycles. The van der Waals surface area contributed by atoms with Gasteiger partial charge in [0.15, 0.2) is 11.5 Å². The van der Waals surface area contributed by atoms with Crippen LogP contribution < -0.4 is 20.1 Å². The Morgan fingerprint density at radius 3 is 2.67 bits per heavy atom. The maximum Gasteiger partial charge on any atom is 0.231 e. The van der Waals surface area contributed by atoms with Crippen LogP contribution in [0.25, 0.3) is 0 Å². The summed E-state index contributed by atoms with van der Waals surface area (Å²) in [6, 6.07) is 5.93. The van der Waals surface area contributed by atoms with Gasteiger partial charge in [0, 0.05) is 31.0 Å². The van der Waals surface area contributed by atoms with E-state index in [2.05, 4.69) is 10.6 Å². The summed E-state index contributed by atoms with van der Waals surface area (Å²) in [5, 5.41) is 6.22. The Morgan fingerprint density at radius 1 is 1.25 bits per heavy atom. The van der Waals surface area contributed by atoms with Gasteiger partial charge in [-0.2, -0.15) is 0 Å². The molecule has 0 fully saturated rings. The van der Waals surface area contributed by atoms with Crippen LogP contribution in [-0.2, 0) is 9.59 Å². The first kappa shape index (κ1) is 18.3. The van der Waals surface area contributed by atoms with Crippen molar-refractivity contribution in [1.29, 1.82) is 0 Å². The molecule has 1 heterocycles. The number of nitrogens with one attached hydrogen (secondary N) is 2. The van der Waals surface area contributed by atoms with E-state index < -0.39 is 5.54 Å². The van der Waals surface area contributed by atoms with Gasteiger partial charge in [-0.1, -0.05) is 6.07 Å². The van der Waals surface area contributed by atoms with Crippen molar-refractivity contribution in [1.82, 2.24) is 10.6 Å². The lowest BCUT2D eigenvalue weighted by Gasteiger charge is -2.25. The van der Waals surface area contributed by atoms with Crippen molar-refractivity contribution in [2.45, 2.75) is 52.1 Å². The Hall–Kier alpha value is -2.08. The van der Waals surface area contributed by atoms with Gasteiger partial charge in [-0.05, 0) is 45.4 Å². The van der Waals surface area contributed by atoms with Crippen LogP contribution in [0.5, 0.6) is 11.5 Å². The fourth-order valence-electron chi connectivity index (χ4n) is 2.81. The van der Waals surface area contributed by atoms with Crippen LogP contribution in [0.2, 0.25) is 0 Å². The molecule has 24 heavy (non-hydrogen) atoms. The first-order valence-corrected chi connectivity index (χ1v) is 8.20. The highest BCUT2D eigenvalue weighted by atomic mass is 16.7. The minimum atomic E-state index is -0.508. The molecule has 1 atom stereocenters. The van der Waals surface area contributed by atoms with Gasteiger partial charge in [0.2, 0.25) is 12.7 Å². The molecule has 0 spiro atoms. The van der Waals surface area contributed by atoms with Crippen LogP contribution in [0.4, 0.5) is 0 Å². The summed E-state index contributed by atoms with van der Waals surface area (Å²) in [5.74, 6) is 1.52. The molecule has 0 aromatic heterocycles. The third-order valence-corrected chi connectivity index (χ3v) is 3.87. The van der Waals surface area contributed by atoms with Crippen molar-refractivity contribution in [2.24, 2.45) is 0 Å². The van der Waals surface area contributed by atoms with Crippen molar-refractivity contribution >= 4 is 11.7 Å². The Morgan fingerprint density at radius 2 is 1.96 bits per heavy atom. The summed E-state index contributed by atoms with van der Waals surface area (Å²) in [5.41, 5.74) is 0.572. The number of amides is 1. The Balaban J connectivity index is 1.77. The first-order valence-electron chi connectivity index (χ1n) is 8.20. The molecule has 1 amide bonds. The molecule has 0 radical (unpaired) electrons. The van der Waals surface area contributed by atoms with Crippen LogP contribution in [0.1, 0.15) is 52.1 Å².